The summed E-state index contributed by atoms with van der Waals surface area (Å²) in [6, 6.07) is 4.84. The Labute approximate surface area is 75.2 Å². The SMILES string of the molecule is N#Cc1c(O)ccc2c1OC[C@H]2N. The first-order valence-electron chi connectivity index (χ1n) is 3.88. The maximum atomic E-state index is 9.32. The molecule has 1 aromatic carbocycles. The van der Waals surface area contributed by atoms with Crippen LogP contribution in [0.1, 0.15) is 17.2 Å². The fourth-order valence-electron chi connectivity index (χ4n) is 1.41. The van der Waals surface area contributed by atoms with E-state index in [4.69, 9.17) is 15.7 Å². The Morgan fingerprint density at radius 2 is 2.38 bits per heavy atom. The van der Waals surface area contributed by atoms with Gasteiger partial charge in [-0.1, -0.05) is 0 Å². The Balaban J connectivity index is 2.66. The molecule has 0 bridgehead atoms. The number of nitrogens with two attached hydrogens (primary N) is 1. The van der Waals surface area contributed by atoms with Gasteiger partial charge in [0.05, 0.1) is 6.04 Å². The normalized spacial score (nSPS) is 18.9. The summed E-state index contributed by atoms with van der Waals surface area (Å²) >= 11 is 0. The van der Waals surface area contributed by atoms with Crippen molar-refractivity contribution in [3.63, 3.8) is 0 Å². The van der Waals surface area contributed by atoms with Crippen LogP contribution in [0.15, 0.2) is 12.1 Å². The summed E-state index contributed by atoms with van der Waals surface area (Å²) in [5, 5.41) is 18.1. The van der Waals surface area contributed by atoms with Gasteiger partial charge in [0.25, 0.3) is 0 Å². The van der Waals surface area contributed by atoms with E-state index < -0.39 is 0 Å². The molecule has 0 saturated carbocycles. The number of nitrogens with zero attached hydrogens (tertiary/aromatic N) is 1. The first-order chi connectivity index (χ1) is 6.24. The minimum atomic E-state index is -0.192. The Morgan fingerprint density at radius 1 is 1.62 bits per heavy atom. The van der Waals surface area contributed by atoms with Crippen molar-refractivity contribution in [3.05, 3.63) is 23.3 Å². The summed E-state index contributed by atoms with van der Waals surface area (Å²) in [5.41, 5.74) is 6.66. The molecule has 0 amide bonds. The lowest BCUT2D eigenvalue weighted by molar-refractivity contribution is 0.331. The Kier molecular flexibility index (Phi) is 1.61. The first kappa shape index (κ1) is 7.90. The second-order valence-corrected chi connectivity index (χ2v) is 2.91. The van der Waals surface area contributed by atoms with Crippen molar-refractivity contribution < 1.29 is 9.84 Å². The number of rotatable bonds is 0. The van der Waals surface area contributed by atoms with Crippen molar-refractivity contribution in [3.8, 4) is 17.6 Å². The van der Waals surface area contributed by atoms with E-state index in [1.807, 2.05) is 6.07 Å². The van der Waals surface area contributed by atoms with Crippen LogP contribution in [0.5, 0.6) is 11.5 Å². The molecule has 1 aliphatic rings. The number of aromatic hydroxyl groups is 1. The summed E-state index contributed by atoms with van der Waals surface area (Å²) in [5.74, 6) is 0.366. The highest BCUT2D eigenvalue weighted by Gasteiger charge is 2.25. The lowest BCUT2D eigenvalue weighted by Gasteiger charge is -2.03. The summed E-state index contributed by atoms with van der Waals surface area (Å²) in [6.45, 7) is 0.369. The molecule has 0 unspecified atom stereocenters. The monoisotopic (exact) mass is 176 g/mol. The Morgan fingerprint density at radius 3 is 3.08 bits per heavy atom. The molecule has 0 aromatic heterocycles. The standard InChI is InChI=1S/C9H8N2O2/c10-3-6-8(12)2-1-5-7(11)4-13-9(5)6/h1-2,7,12H,4,11H2/t7-/m1/s1. The molecule has 2 rings (SSSR count). The molecule has 0 aliphatic carbocycles. The number of fused-ring (bicyclic) bond motifs is 1. The number of phenols is 1. The van der Waals surface area contributed by atoms with Crippen molar-refractivity contribution in [1.82, 2.24) is 0 Å². The van der Waals surface area contributed by atoms with Gasteiger partial charge < -0.3 is 15.6 Å². The number of hydrogen-bond acceptors (Lipinski definition) is 4. The molecule has 0 fully saturated rings. The smallest absolute Gasteiger partial charge is 0.145 e. The van der Waals surface area contributed by atoms with Gasteiger partial charge in [0.2, 0.25) is 0 Å². The van der Waals surface area contributed by atoms with Gasteiger partial charge in [-0.2, -0.15) is 5.26 Å². The van der Waals surface area contributed by atoms with Crippen LogP contribution in [0.3, 0.4) is 0 Å². The van der Waals surface area contributed by atoms with Crippen LogP contribution in [-0.4, -0.2) is 11.7 Å². The van der Waals surface area contributed by atoms with E-state index in [1.54, 1.807) is 6.07 Å². The molecular formula is C9H8N2O2. The van der Waals surface area contributed by atoms with E-state index in [0.717, 1.165) is 5.56 Å². The highest BCUT2D eigenvalue weighted by Crippen LogP contribution is 2.38. The highest BCUT2D eigenvalue weighted by atomic mass is 16.5. The average Bonchev–Trinajstić information content (AvgIpc) is 2.48. The maximum absolute atomic E-state index is 9.32. The maximum Gasteiger partial charge on any atom is 0.145 e. The summed E-state index contributed by atoms with van der Waals surface area (Å²) in [4.78, 5) is 0. The zero-order chi connectivity index (χ0) is 9.42. The summed E-state index contributed by atoms with van der Waals surface area (Å²) in [6.07, 6.45) is 0. The lowest BCUT2D eigenvalue weighted by atomic mass is 10.1. The average molecular weight is 176 g/mol. The first-order valence-corrected chi connectivity index (χ1v) is 3.88. The second kappa shape index (κ2) is 2.64. The van der Waals surface area contributed by atoms with E-state index in [1.165, 1.54) is 6.07 Å². The molecule has 4 nitrogen and oxygen atoms in total. The number of ether oxygens (including phenoxy) is 1. The van der Waals surface area contributed by atoms with Gasteiger partial charge in [-0.05, 0) is 12.1 Å². The molecular weight excluding hydrogens is 168 g/mol. The van der Waals surface area contributed by atoms with E-state index in [9.17, 15) is 5.11 Å². The zero-order valence-corrected chi connectivity index (χ0v) is 6.82. The molecule has 1 aromatic rings. The lowest BCUT2D eigenvalue weighted by Crippen LogP contribution is -2.10. The van der Waals surface area contributed by atoms with Crippen molar-refractivity contribution in [2.75, 3.05) is 6.61 Å². The van der Waals surface area contributed by atoms with Gasteiger partial charge in [-0.25, -0.2) is 0 Å². The van der Waals surface area contributed by atoms with E-state index in [0.29, 0.717) is 12.4 Å². The minimum Gasteiger partial charge on any atom is -0.506 e. The molecule has 0 saturated heterocycles. The molecule has 1 atom stereocenters. The second-order valence-electron chi connectivity index (χ2n) is 2.91. The van der Waals surface area contributed by atoms with Gasteiger partial charge in [-0.15, -0.1) is 0 Å². The van der Waals surface area contributed by atoms with Crippen molar-refractivity contribution in [2.24, 2.45) is 5.73 Å². The molecule has 1 aliphatic heterocycles. The van der Waals surface area contributed by atoms with Gasteiger partial charge >= 0.3 is 0 Å². The van der Waals surface area contributed by atoms with Crippen molar-refractivity contribution in [2.45, 2.75) is 6.04 Å². The third kappa shape index (κ3) is 1.02. The van der Waals surface area contributed by atoms with Gasteiger partial charge in [-0.3, -0.25) is 0 Å². The van der Waals surface area contributed by atoms with Gasteiger partial charge in [0.15, 0.2) is 0 Å². The fraction of sp³-hybridized carbons (Fsp3) is 0.222. The number of nitriles is 1. The van der Waals surface area contributed by atoms with Crippen LogP contribution in [-0.2, 0) is 0 Å². The van der Waals surface area contributed by atoms with Crippen molar-refractivity contribution in [1.29, 1.82) is 5.26 Å². The predicted molar refractivity (Wildman–Crippen MR) is 45.2 cm³/mol. The molecule has 66 valence electrons. The van der Waals surface area contributed by atoms with Crippen LogP contribution in [0, 0.1) is 11.3 Å². The largest absolute Gasteiger partial charge is 0.506 e. The zero-order valence-electron chi connectivity index (χ0n) is 6.82. The summed E-state index contributed by atoms with van der Waals surface area (Å²) in [7, 11) is 0. The van der Waals surface area contributed by atoms with Crippen LogP contribution in [0.4, 0.5) is 0 Å². The molecule has 0 radical (unpaired) electrons. The highest BCUT2D eigenvalue weighted by molar-refractivity contribution is 5.58. The summed E-state index contributed by atoms with van der Waals surface area (Å²) < 4.78 is 5.21. The predicted octanol–water partition coefficient (Wildman–Crippen LogP) is 0.656. The number of hydrogen-bond donors (Lipinski definition) is 2. The molecule has 13 heavy (non-hydrogen) atoms. The minimum absolute atomic E-state index is 0.0599. The quantitative estimate of drug-likeness (QED) is 0.608. The molecule has 0 spiro atoms. The van der Waals surface area contributed by atoms with E-state index in [-0.39, 0.29) is 17.4 Å². The van der Waals surface area contributed by atoms with Gasteiger partial charge in [0, 0.05) is 5.56 Å². The molecule has 4 heteroatoms. The number of phenolic OH excluding ortho intramolecular Hbond substituents is 1. The van der Waals surface area contributed by atoms with Crippen LogP contribution >= 0.6 is 0 Å². The third-order valence-electron chi connectivity index (χ3n) is 2.08. The topological polar surface area (TPSA) is 79.3 Å². The number of benzene rings is 1. The third-order valence-corrected chi connectivity index (χ3v) is 2.08. The Bertz CT molecular complexity index is 395. The van der Waals surface area contributed by atoms with Crippen LogP contribution in [0.2, 0.25) is 0 Å². The van der Waals surface area contributed by atoms with Crippen LogP contribution in [0.25, 0.3) is 0 Å². The van der Waals surface area contributed by atoms with Crippen molar-refractivity contribution >= 4 is 0 Å². The molecule has 3 N–H and O–H groups in total. The fourth-order valence-corrected chi connectivity index (χ4v) is 1.41. The van der Waals surface area contributed by atoms with E-state index >= 15 is 0 Å². The van der Waals surface area contributed by atoms with E-state index in [2.05, 4.69) is 0 Å². The molecule has 1 heterocycles. The van der Waals surface area contributed by atoms with Gasteiger partial charge in [0.1, 0.15) is 29.7 Å². The van der Waals surface area contributed by atoms with Crippen LogP contribution < -0.4 is 10.5 Å². The Hall–Kier alpha value is -1.73.